The standard InChI is InChI=1S/C32H40N6O3S/c1-31(2,3)26-16-13-23-29(35-26)38-19-20(17-32(38,4)5)9-14-25(24-15-12-22(18-33-24)21-10-11-21)34-27-7-6-8-28(36-27)42(40,41)37-30(23)39/h6-8,12-13,15-16,18,20-21,25H,9-11,14,17,19H2,1-5H3,(H,34,36)(H,37,39)/t20-,25?/m0/s1. The first-order chi connectivity index (χ1) is 19.8. The fraction of sp³-hybridized carbons (Fsp3) is 0.500. The molecule has 2 N–H and O–H groups in total. The van der Waals surface area contributed by atoms with Crippen LogP contribution in [0.15, 0.2) is 53.7 Å². The summed E-state index contributed by atoms with van der Waals surface area (Å²) in [5.74, 6) is 1.19. The third kappa shape index (κ3) is 5.73. The molecular formula is C32H40N6O3S. The van der Waals surface area contributed by atoms with Crippen LogP contribution in [-0.4, -0.2) is 41.4 Å². The van der Waals surface area contributed by atoms with Crippen molar-refractivity contribution in [3.63, 3.8) is 0 Å². The summed E-state index contributed by atoms with van der Waals surface area (Å²) in [6.07, 6.45) is 7.04. The van der Waals surface area contributed by atoms with Gasteiger partial charge in [-0.05, 0) is 93.7 Å². The van der Waals surface area contributed by atoms with Crippen molar-refractivity contribution in [2.75, 3.05) is 16.8 Å². The highest BCUT2D eigenvalue weighted by Crippen LogP contribution is 2.42. The molecule has 0 aromatic carbocycles. The van der Waals surface area contributed by atoms with Gasteiger partial charge in [-0.2, -0.15) is 8.42 Å². The molecule has 6 rings (SSSR count). The van der Waals surface area contributed by atoms with Crippen molar-refractivity contribution >= 4 is 27.6 Å². The van der Waals surface area contributed by atoms with E-state index in [1.807, 2.05) is 12.3 Å². The maximum atomic E-state index is 13.6. The molecule has 5 heterocycles. The lowest BCUT2D eigenvalue weighted by Crippen LogP contribution is -2.41. The molecule has 2 atom stereocenters. The molecule has 4 bridgehead atoms. The molecule has 3 aromatic heterocycles. The van der Waals surface area contributed by atoms with E-state index in [4.69, 9.17) is 9.97 Å². The maximum absolute atomic E-state index is 13.6. The first-order valence-corrected chi connectivity index (χ1v) is 16.3. The number of sulfonamides is 1. The Morgan fingerprint density at radius 3 is 2.45 bits per heavy atom. The summed E-state index contributed by atoms with van der Waals surface area (Å²) in [6, 6.07) is 12.4. The van der Waals surface area contributed by atoms with E-state index in [9.17, 15) is 13.2 Å². The fourth-order valence-corrected chi connectivity index (χ4v) is 7.17. The fourth-order valence-electron chi connectivity index (χ4n) is 6.23. The maximum Gasteiger partial charge on any atom is 0.281 e. The third-order valence-electron chi connectivity index (χ3n) is 8.73. The molecule has 1 amide bonds. The molecule has 0 radical (unpaired) electrons. The lowest BCUT2D eigenvalue weighted by atomic mass is 9.90. The lowest BCUT2D eigenvalue weighted by molar-refractivity contribution is 0.0981. The average Bonchev–Trinajstić information content (AvgIpc) is 3.73. The quantitative estimate of drug-likeness (QED) is 0.391. The first-order valence-electron chi connectivity index (χ1n) is 14.9. The van der Waals surface area contributed by atoms with E-state index in [0.717, 1.165) is 30.7 Å². The number of fused-ring (bicyclic) bond motifs is 6. The zero-order valence-corrected chi connectivity index (χ0v) is 25.8. The van der Waals surface area contributed by atoms with Crippen molar-refractivity contribution in [3.8, 4) is 0 Å². The van der Waals surface area contributed by atoms with E-state index in [0.29, 0.717) is 30.0 Å². The van der Waals surface area contributed by atoms with Crippen molar-refractivity contribution < 1.29 is 13.2 Å². The summed E-state index contributed by atoms with van der Waals surface area (Å²) in [4.78, 5) is 30.0. The Morgan fingerprint density at radius 1 is 0.976 bits per heavy atom. The Hall–Kier alpha value is -3.53. The number of anilines is 2. The van der Waals surface area contributed by atoms with Gasteiger partial charge < -0.3 is 10.2 Å². The molecule has 1 aliphatic carbocycles. The summed E-state index contributed by atoms with van der Waals surface area (Å²) in [5.41, 5.74) is 2.73. The molecule has 2 fully saturated rings. The largest absolute Gasteiger partial charge is 0.362 e. The Morgan fingerprint density at radius 2 is 1.76 bits per heavy atom. The van der Waals surface area contributed by atoms with Gasteiger partial charge in [0.05, 0.1) is 17.3 Å². The molecule has 0 spiro atoms. The van der Waals surface area contributed by atoms with Gasteiger partial charge in [-0.1, -0.05) is 32.9 Å². The number of hydrogen-bond acceptors (Lipinski definition) is 8. The summed E-state index contributed by atoms with van der Waals surface area (Å²) < 4.78 is 29.1. The van der Waals surface area contributed by atoms with E-state index in [2.05, 4.69) is 66.7 Å². The van der Waals surface area contributed by atoms with Gasteiger partial charge in [0.25, 0.3) is 15.9 Å². The van der Waals surface area contributed by atoms with Crippen LogP contribution in [0.2, 0.25) is 0 Å². The second-order valence-electron chi connectivity index (χ2n) is 13.7. The summed E-state index contributed by atoms with van der Waals surface area (Å²) in [5, 5.41) is 3.23. The molecule has 1 unspecified atom stereocenters. The molecule has 3 aliphatic rings. The van der Waals surface area contributed by atoms with Crippen LogP contribution in [0.5, 0.6) is 0 Å². The highest BCUT2D eigenvalue weighted by atomic mass is 32.2. The van der Waals surface area contributed by atoms with Gasteiger partial charge in [-0.15, -0.1) is 0 Å². The summed E-state index contributed by atoms with van der Waals surface area (Å²) >= 11 is 0. The second kappa shape index (κ2) is 10.3. The van der Waals surface area contributed by atoms with Crippen molar-refractivity contribution in [1.82, 2.24) is 19.7 Å². The van der Waals surface area contributed by atoms with Gasteiger partial charge in [0.1, 0.15) is 11.6 Å². The number of amides is 1. The molecule has 1 saturated heterocycles. The molecule has 42 heavy (non-hydrogen) atoms. The van der Waals surface area contributed by atoms with Crippen LogP contribution in [0.1, 0.15) is 106 Å². The second-order valence-corrected chi connectivity index (χ2v) is 15.3. The lowest BCUT2D eigenvalue weighted by Gasteiger charge is -2.34. The molecule has 222 valence electrons. The zero-order chi connectivity index (χ0) is 29.9. The van der Waals surface area contributed by atoms with Gasteiger partial charge in [0.2, 0.25) is 0 Å². The minimum absolute atomic E-state index is 0.154. The molecule has 3 aromatic rings. The third-order valence-corrected chi connectivity index (χ3v) is 9.96. The Balaban J connectivity index is 1.42. The first kappa shape index (κ1) is 28.6. The van der Waals surface area contributed by atoms with E-state index in [-0.39, 0.29) is 27.6 Å². The molecular weight excluding hydrogens is 548 g/mol. The number of nitrogens with one attached hydrogen (secondary N) is 2. The van der Waals surface area contributed by atoms with Crippen LogP contribution in [0.4, 0.5) is 11.6 Å². The van der Waals surface area contributed by atoms with Crippen LogP contribution >= 0.6 is 0 Å². The van der Waals surface area contributed by atoms with Gasteiger partial charge in [0.15, 0.2) is 5.03 Å². The molecule has 9 nitrogen and oxygen atoms in total. The van der Waals surface area contributed by atoms with Gasteiger partial charge in [0, 0.05) is 29.4 Å². The highest BCUT2D eigenvalue weighted by Gasteiger charge is 2.41. The Bertz CT molecular complexity index is 1610. The number of aromatic nitrogens is 3. The van der Waals surface area contributed by atoms with Crippen LogP contribution in [0, 0.1) is 5.92 Å². The Labute approximate surface area is 248 Å². The molecule has 10 heteroatoms. The SMILES string of the molecule is CC(C)(C)c1ccc2c(n1)N1C[C@@H](CCC(c3ccc(C4CC4)cn3)Nc3cccc(n3)S(=O)(=O)NC2=O)CC1(C)C. The van der Waals surface area contributed by atoms with Crippen molar-refractivity contribution in [2.24, 2.45) is 5.92 Å². The predicted molar refractivity (Wildman–Crippen MR) is 163 cm³/mol. The number of rotatable bonds is 2. The van der Waals surface area contributed by atoms with Crippen LogP contribution in [-0.2, 0) is 15.4 Å². The number of carbonyl (C=O) groups excluding carboxylic acids is 1. The highest BCUT2D eigenvalue weighted by molar-refractivity contribution is 7.90. The minimum Gasteiger partial charge on any atom is -0.362 e. The van der Waals surface area contributed by atoms with Gasteiger partial charge in [-0.3, -0.25) is 9.78 Å². The predicted octanol–water partition coefficient (Wildman–Crippen LogP) is 5.72. The average molecular weight is 589 g/mol. The summed E-state index contributed by atoms with van der Waals surface area (Å²) in [6.45, 7) is 11.3. The van der Waals surface area contributed by atoms with Gasteiger partial charge >= 0.3 is 0 Å². The van der Waals surface area contributed by atoms with Crippen LogP contribution in [0.3, 0.4) is 0 Å². The normalized spacial score (nSPS) is 23.6. The van der Waals surface area contributed by atoms with E-state index in [1.54, 1.807) is 18.2 Å². The zero-order valence-electron chi connectivity index (χ0n) is 25.0. The van der Waals surface area contributed by atoms with Gasteiger partial charge in [-0.25, -0.2) is 14.7 Å². The van der Waals surface area contributed by atoms with E-state index in [1.165, 1.54) is 24.5 Å². The number of hydrogen-bond donors (Lipinski definition) is 2. The van der Waals surface area contributed by atoms with E-state index >= 15 is 0 Å². The Kier molecular flexibility index (Phi) is 7.03. The number of nitrogens with zero attached hydrogens (tertiary/aromatic N) is 4. The smallest absolute Gasteiger partial charge is 0.281 e. The summed E-state index contributed by atoms with van der Waals surface area (Å²) in [7, 11) is -4.26. The van der Waals surface area contributed by atoms with Crippen molar-refractivity contribution in [1.29, 1.82) is 0 Å². The van der Waals surface area contributed by atoms with E-state index < -0.39 is 15.9 Å². The topological polar surface area (TPSA) is 117 Å². The van der Waals surface area contributed by atoms with Crippen LogP contribution in [0.25, 0.3) is 0 Å². The molecule has 2 aliphatic heterocycles. The van der Waals surface area contributed by atoms with Crippen LogP contribution < -0.4 is 14.9 Å². The monoisotopic (exact) mass is 588 g/mol. The molecule has 1 saturated carbocycles. The number of carbonyl (C=O) groups is 1. The van der Waals surface area contributed by atoms with Crippen molar-refractivity contribution in [2.45, 2.75) is 94.7 Å². The number of pyridine rings is 3. The minimum atomic E-state index is -4.26. The van der Waals surface area contributed by atoms with Crippen molar-refractivity contribution in [3.05, 3.63) is 71.2 Å².